The molecule has 0 unspecified atom stereocenters. The predicted octanol–water partition coefficient (Wildman–Crippen LogP) is 1.86. The second-order valence-corrected chi connectivity index (χ2v) is 7.31. The van der Waals surface area contributed by atoms with Crippen molar-refractivity contribution >= 4 is 10.8 Å². The van der Waals surface area contributed by atoms with Crippen LogP contribution in [0, 0.1) is 23.7 Å². The Morgan fingerprint density at radius 1 is 0.679 bits per heavy atom. The zero-order valence-corrected chi connectivity index (χ0v) is 17.6. The molecular formula is C26H24BrN. The number of hydrogen-bond donors (Lipinski definition) is 0. The molecule has 0 amide bonds. The molecule has 0 N–H and O–H groups in total. The van der Waals surface area contributed by atoms with Gasteiger partial charge in [0.05, 0.1) is 13.1 Å². The van der Waals surface area contributed by atoms with E-state index in [-0.39, 0.29) is 17.0 Å². The molecule has 0 atom stereocenters. The molecule has 28 heavy (non-hydrogen) atoms. The van der Waals surface area contributed by atoms with E-state index in [9.17, 15) is 0 Å². The van der Waals surface area contributed by atoms with Gasteiger partial charge in [0.15, 0.2) is 0 Å². The third-order valence-electron chi connectivity index (χ3n) is 5.36. The highest BCUT2D eigenvalue weighted by Crippen LogP contribution is 2.19. The maximum Gasteiger partial charge on any atom is 0.142 e. The Labute approximate surface area is 178 Å². The molecule has 1 saturated heterocycles. The highest BCUT2D eigenvalue weighted by Gasteiger charge is 2.29. The summed E-state index contributed by atoms with van der Waals surface area (Å²) in [5.41, 5.74) is 2.22. The summed E-state index contributed by atoms with van der Waals surface area (Å²) in [6.45, 7) is 4.15. The quantitative estimate of drug-likeness (QED) is 0.430. The number of quaternary nitrogens is 1. The van der Waals surface area contributed by atoms with Crippen LogP contribution in [0.15, 0.2) is 72.8 Å². The lowest BCUT2D eigenvalue weighted by atomic mass is 10.1. The van der Waals surface area contributed by atoms with Crippen LogP contribution < -0.4 is 17.0 Å². The van der Waals surface area contributed by atoms with Crippen LogP contribution in [0.25, 0.3) is 10.8 Å². The fourth-order valence-corrected chi connectivity index (χ4v) is 3.85. The molecule has 1 fully saturated rings. The second kappa shape index (κ2) is 9.61. The minimum atomic E-state index is 0. The first-order valence-electron chi connectivity index (χ1n) is 9.70. The summed E-state index contributed by atoms with van der Waals surface area (Å²) >= 11 is 0. The monoisotopic (exact) mass is 429 g/mol. The molecule has 0 aliphatic carbocycles. The van der Waals surface area contributed by atoms with Crippen molar-refractivity contribution in [3.05, 3.63) is 83.9 Å². The van der Waals surface area contributed by atoms with Crippen LogP contribution in [0.2, 0.25) is 0 Å². The first-order valence-corrected chi connectivity index (χ1v) is 9.70. The number of halogens is 1. The Morgan fingerprint density at radius 2 is 1.32 bits per heavy atom. The van der Waals surface area contributed by atoms with Gasteiger partial charge in [0, 0.05) is 24.0 Å². The van der Waals surface area contributed by atoms with Crippen molar-refractivity contribution in [1.29, 1.82) is 0 Å². The van der Waals surface area contributed by atoms with E-state index in [4.69, 9.17) is 0 Å². The summed E-state index contributed by atoms with van der Waals surface area (Å²) in [5.74, 6) is 13.6. The summed E-state index contributed by atoms with van der Waals surface area (Å²) in [6, 6.07) is 25.1. The van der Waals surface area contributed by atoms with Crippen molar-refractivity contribution in [1.82, 2.24) is 0 Å². The van der Waals surface area contributed by atoms with Gasteiger partial charge in [-0.15, -0.1) is 0 Å². The molecule has 1 nitrogen and oxygen atoms in total. The number of likely N-dealkylation sites (tertiary alicyclic amines) is 1. The average Bonchev–Trinajstić information content (AvgIpc) is 3.18. The van der Waals surface area contributed by atoms with Crippen LogP contribution in [0.3, 0.4) is 0 Å². The topological polar surface area (TPSA) is 0 Å². The van der Waals surface area contributed by atoms with Gasteiger partial charge >= 0.3 is 0 Å². The minimum Gasteiger partial charge on any atom is -1.00 e. The Balaban J connectivity index is 0.00000225. The van der Waals surface area contributed by atoms with Gasteiger partial charge in [0.1, 0.15) is 13.1 Å². The van der Waals surface area contributed by atoms with Crippen molar-refractivity contribution < 1.29 is 21.5 Å². The van der Waals surface area contributed by atoms with E-state index in [1.165, 1.54) is 36.7 Å². The van der Waals surface area contributed by atoms with E-state index in [1.807, 2.05) is 18.2 Å². The Bertz CT molecular complexity index is 1040. The summed E-state index contributed by atoms with van der Waals surface area (Å²) in [6.07, 6.45) is 2.56. The van der Waals surface area contributed by atoms with Crippen molar-refractivity contribution in [2.75, 3.05) is 26.2 Å². The van der Waals surface area contributed by atoms with Crippen LogP contribution >= 0.6 is 0 Å². The van der Waals surface area contributed by atoms with Gasteiger partial charge in [-0.05, 0) is 40.8 Å². The standard InChI is InChI=1S/C26H24N.BrH/c1-2-11-23(12-3-1)13-9-21-27(19-6-7-20-27)22-10-17-25-16-8-15-24-14-4-5-18-26(24)25;/h1-5,8,11-12,14-16,18H,6-7,19-22H2;1H/q+1;/p-1. The lowest BCUT2D eigenvalue weighted by molar-refractivity contribution is -0.903. The third kappa shape index (κ3) is 4.85. The van der Waals surface area contributed by atoms with E-state index in [0.717, 1.165) is 28.7 Å². The summed E-state index contributed by atoms with van der Waals surface area (Å²) in [4.78, 5) is 0. The van der Waals surface area contributed by atoms with Crippen LogP contribution in [0.5, 0.6) is 0 Å². The zero-order chi connectivity index (χ0) is 18.4. The molecule has 0 bridgehead atoms. The SMILES string of the molecule is C(#Cc1ccccc1)C[N+]1(CC#Cc2cccc3ccccc23)CCCC1.[Br-]. The molecule has 140 valence electrons. The van der Waals surface area contributed by atoms with E-state index >= 15 is 0 Å². The Kier molecular flexibility index (Phi) is 6.94. The van der Waals surface area contributed by atoms with Crippen LogP contribution in [0.4, 0.5) is 0 Å². The second-order valence-electron chi connectivity index (χ2n) is 7.31. The molecule has 1 aliphatic heterocycles. The van der Waals surface area contributed by atoms with Crippen LogP contribution in [-0.4, -0.2) is 30.7 Å². The Hall–Kier alpha value is -2.52. The van der Waals surface area contributed by atoms with Crippen LogP contribution in [0.1, 0.15) is 24.0 Å². The number of benzene rings is 3. The van der Waals surface area contributed by atoms with Gasteiger partial charge in [0.25, 0.3) is 0 Å². The molecular weight excluding hydrogens is 406 g/mol. The van der Waals surface area contributed by atoms with Gasteiger partial charge in [0.2, 0.25) is 0 Å². The predicted molar refractivity (Wildman–Crippen MR) is 113 cm³/mol. The van der Waals surface area contributed by atoms with E-state index < -0.39 is 0 Å². The number of nitrogens with zero attached hydrogens (tertiary/aromatic N) is 1. The van der Waals surface area contributed by atoms with Gasteiger partial charge in [-0.3, -0.25) is 0 Å². The highest BCUT2D eigenvalue weighted by molar-refractivity contribution is 5.88. The van der Waals surface area contributed by atoms with Gasteiger partial charge in [-0.1, -0.05) is 66.4 Å². The summed E-state index contributed by atoms with van der Waals surface area (Å²) < 4.78 is 1.01. The lowest BCUT2D eigenvalue weighted by Crippen LogP contribution is -3.00. The Morgan fingerprint density at radius 3 is 2.11 bits per heavy atom. The maximum absolute atomic E-state index is 3.48. The molecule has 4 rings (SSSR count). The first-order chi connectivity index (χ1) is 13.3. The van der Waals surface area contributed by atoms with Crippen molar-refractivity contribution in [3.63, 3.8) is 0 Å². The molecule has 3 aromatic rings. The molecule has 0 aromatic heterocycles. The molecule has 0 saturated carbocycles. The van der Waals surface area contributed by atoms with E-state index in [1.54, 1.807) is 0 Å². The fourth-order valence-electron chi connectivity index (χ4n) is 3.85. The fraction of sp³-hybridized carbons (Fsp3) is 0.231. The normalized spacial score (nSPS) is 14.3. The van der Waals surface area contributed by atoms with Gasteiger partial charge in [-0.2, -0.15) is 0 Å². The molecule has 0 spiro atoms. The van der Waals surface area contributed by atoms with E-state index in [2.05, 4.69) is 78.3 Å². The third-order valence-corrected chi connectivity index (χ3v) is 5.36. The molecule has 2 heteroatoms. The van der Waals surface area contributed by atoms with Gasteiger partial charge < -0.3 is 21.5 Å². The molecule has 1 aliphatic rings. The largest absolute Gasteiger partial charge is 1.00 e. The lowest BCUT2D eigenvalue weighted by Gasteiger charge is -2.29. The smallest absolute Gasteiger partial charge is 0.142 e. The number of fused-ring (bicyclic) bond motifs is 1. The zero-order valence-electron chi connectivity index (χ0n) is 16.0. The minimum absolute atomic E-state index is 0. The van der Waals surface area contributed by atoms with Crippen LogP contribution in [-0.2, 0) is 0 Å². The summed E-state index contributed by atoms with van der Waals surface area (Å²) in [5, 5.41) is 2.49. The van der Waals surface area contributed by atoms with Crippen molar-refractivity contribution in [2.24, 2.45) is 0 Å². The van der Waals surface area contributed by atoms with E-state index in [0.29, 0.717) is 0 Å². The average molecular weight is 430 g/mol. The summed E-state index contributed by atoms with van der Waals surface area (Å²) in [7, 11) is 0. The molecule has 1 heterocycles. The van der Waals surface area contributed by atoms with Gasteiger partial charge in [-0.25, -0.2) is 0 Å². The highest BCUT2D eigenvalue weighted by atomic mass is 79.9. The number of rotatable bonds is 2. The molecule has 0 radical (unpaired) electrons. The van der Waals surface area contributed by atoms with Crippen molar-refractivity contribution in [2.45, 2.75) is 12.8 Å². The molecule has 3 aromatic carbocycles. The first kappa shape index (κ1) is 20.2. The van der Waals surface area contributed by atoms with Crippen molar-refractivity contribution in [3.8, 4) is 23.7 Å². The number of hydrogen-bond acceptors (Lipinski definition) is 0. The maximum atomic E-state index is 3.48.